The van der Waals surface area contributed by atoms with Crippen molar-refractivity contribution in [1.82, 2.24) is 9.97 Å². The van der Waals surface area contributed by atoms with E-state index in [0.29, 0.717) is 17.8 Å². The van der Waals surface area contributed by atoms with E-state index >= 15 is 0 Å². The molecule has 0 saturated heterocycles. The van der Waals surface area contributed by atoms with Crippen molar-refractivity contribution >= 4 is 22.7 Å². The molecule has 6 N–H and O–H groups in total. The molecule has 0 fully saturated rings. The van der Waals surface area contributed by atoms with E-state index in [9.17, 15) is 10.1 Å². The average Bonchev–Trinajstić information content (AvgIpc) is 2.85. The van der Waals surface area contributed by atoms with Crippen LogP contribution in [0.1, 0.15) is 31.3 Å². The zero-order chi connectivity index (χ0) is 24.9. The summed E-state index contributed by atoms with van der Waals surface area (Å²) in [6, 6.07) is 22.2. The molecule has 4 rings (SSSR count). The highest BCUT2D eigenvalue weighted by Crippen LogP contribution is 2.14. The Morgan fingerprint density at radius 3 is 1.48 bits per heavy atom. The highest BCUT2D eigenvalue weighted by molar-refractivity contribution is 5.41. The van der Waals surface area contributed by atoms with Gasteiger partial charge >= 0.3 is 0 Å². The quantitative estimate of drug-likeness (QED) is 0.230. The van der Waals surface area contributed by atoms with E-state index in [1.54, 1.807) is 12.3 Å². The summed E-state index contributed by atoms with van der Waals surface area (Å²) in [5.41, 5.74) is 23.0. The summed E-state index contributed by atoms with van der Waals surface area (Å²) in [7, 11) is 1.25. The number of nitrogens with zero attached hydrogens (tertiary/aromatic N) is 3. The molecule has 0 amide bonds. The molecule has 0 atom stereocenters. The third kappa shape index (κ3) is 7.95. The summed E-state index contributed by atoms with van der Waals surface area (Å²) in [4.78, 5) is 18.3. The van der Waals surface area contributed by atoms with Crippen LogP contribution in [0.2, 0.25) is 0 Å². The van der Waals surface area contributed by atoms with E-state index in [2.05, 4.69) is 9.97 Å². The van der Waals surface area contributed by atoms with Gasteiger partial charge in [-0.15, -0.1) is 0 Å². The molecule has 8 heteroatoms. The molecule has 8 nitrogen and oxygen atoms in total. The lowest BCUT2D eigenvalue weighted by atomic mass is 10.1. The van der Waals surface area contributed by atoms with Gasteiger partial charge in [0.05, 0.1) is 16.8 Å². The molecule has 0 aliphatic heterocycles. The number of nitro groups is 1. The Bertz CT molecular complexity index is 1110. The summed E-state index contributed by atoms with van der Waals surface area (Å²) in [6.07, 6.45) is 4.39. The average molecular weight is 446 g/mol. The van der Waals surface area contributed by atoms with Crippen LogP contribution in [-0.2, 0) is 12.8 Å². The van der Waals surface area contributed by atoms with E-state index in [0.717, 1.165) is 29.1 Å². The molecule has 0 bridgehead atoms. The van der Waals surface area contributed by atoms with Crippen LogP contribution >= 0.6 is 0 Å². The summed E-state index contributed by atoms with van der Waals surface area (Å²) in [5.74, 6) is 0. The SMILES string of the molecule is Nc1ccc(Cc2ccc(N)cn2)cc1.Nc1ccc(Cc2ccc([N+](=O)[O-])cn2)cc1.[2H]C. The Labute approximate surface area is 194 Å². The van der Waals surface area contributed by atoms with Crippen LogP contribution in [0.4, 0.5) is 22.7 Å². The molecule has 0 radical (unpaired) electrons. The van der Waals surface area contributed by atoms with Crippen molar-refractivity contribution in [2.45, 2.75) is 20.2 Å². The molecule has 0 spiro atoms. The summed E-state index contributed by atoms with van der Waals surface area (Å²) < 4.78 is 5.75. The first kappa shape index (κ1) is 23.2. The maximum Gasteiger partial charge on any atom is 0.287 e. The largest absolute Gasteiger partial charge is 0.399 e. The molecule has 2 heterocycles. The normalized spacial score (nSPS) is 10.0. The monoisotopic (exact) mass is 445 g/mol. The van der Waals surface area contributed by atoms with Crippen LogP contribution in [0.3, 0.4) is 0 Å². The van der Waals surface area contributed by atoms with Crippen molar-refractivity contribution in [1.29, 1.82) is 0 Å². The fourth-order valence-electron chi connectivity index (χ4n) is 2.86. The third-order valence-corrected chi connectivity index (χ3v) is 4.60. The van der Waals surface area contributed by atoms with Gasteiger partial charge in [0.15, 0.2) is 0 Å². The number of hydrogen-bond acceptors (Lipinski definition) is 7. The van der Waals surface area contributed by atoms with Crippen LogP contribution < -0.4 is 17.2 Å². The second-order valence-electron chi connectivity index (χ2n) is 7.18. The van der Waals surface area contributed by atoms with Crippen molar-refractivity contribution in [2.75, 3.05) is 17.2 Å². The molecule has 0 aliphatic rings. The van der Waals surface area contributed by atoms with Crippen LogP contribution in [0.15, 0.2) is 85.2 Å². The molecule has 33 heavy (non-hydrogen) atoms. The minimum Gasteiger partial charge on any atom is -0.399 e. The molecular weight excluding hydrogens is 416 g/mol. The first-order valence-electron chi connectivity index (χ1n) is 10.9. The van der Waals surface area contributed by atoms with Crippen molar-refractivity contribution < 1.29 is 6.29 Å². The van der Waals surface area contributed by atoms with Gasteiger partial charge in [-0.2, -0.15) is 0 Å². The molecule has 4 aromatic rings. The number of pyridine rings is 2. The highest BCUT2D eigenvalue weighted by Gasteiger charge is 2.05. The Hall–Kier alpha value is -4.46. The van der Waals surface area contributed by atoms with E-state index < -0.39 is 4.92 Å². The minimum atomic E-state index is -0.458. The number of benzene rings is 2. The Kier molecular flexibility index (Phi) is 8.30. The van der Waals surface area contributed by atoms with Gasteiger partial charge < -0.3 is 17.2 Å². The second-order valence-corrected chi connectivity index (χ2v) is 7.18. The molecule has 0 aliphatic carbocycles. The van der Waals surface area contributed by atoms with E-state index in [4.69, 9.17) is 18.6 Å². The van der Waals surface area contributed by atoms with Gasteiger partial charge in [-0.25, -0.2) is 0 Å². The van der Waals surface area contributed by atoms with Crippen LogP contribution in [-0.4, -0.2) is 14.9 Å². The Morgan fingerprint density at radius 2 is 1.12 bits per heavy atom. The Balaban J connectivity index is 0.000000225. The van der Waals surface area contributed by atoms with E-state index in [1.807, 2.05) is 60.7 Å². The van der Waals surface area contributed by atoms with Gasteiger partial charge in [0.1, 0.15) is 6.20 Å². The lowest BCUT2D eigenvalue weighted by Gasteiger charge is -2.02. The number of aromatic nitrogens is 2. The second kappa shape index (κ2) is 11.8. The van der Waals surface area contributed by atoms with Gasteiger partial charge in [-0.05, 0) is 53.6 Å². The van der Waals surface area contributed by atoms with Gasteiger partial charge in [0, 0.05) is 43.0 Å². The fourth-order valence-corrected chi connectivity index (χ4v) is 2.86. The summed E-state index contributed by atoms with van der Waals surface area (Å²) in [6.45, 7) is 0. The van der Waals surface area contributed by atoms with Gasteiger partial charge in [-0.3, -0.25) is 20.1 Å². The maximum absolute atomic E-state index is 10.5. The predicted molar refractivity (Wildman–Crippen MR) is 134 cm³/mol. The fraction of sp³-hybridized carbons (Fsp3) is 0.120. The molecule has 2 aromatic heterocycles. The number of nitrogen functional groups attached to an aromatic ring is 3. The van der Waals surface area contributed by atoms with E-state index in [-0.39, 0.29) is 5.69 Å². The Morgan fingerprint density at radius 1 is 0.697 bits per heavy atom. The molecule has 170 valence electrons. The standard InChI is InChI=1S/C12H11N3O2.C12H13N3.CH4/c13-10-3-1-9(2-4-10)7-11-5-6-12(8-14-11)15(16)17;13-10-3-1-9(2-4-10)7-12-6-5-11(14)8-15-12;/h1-6,8H,7,13H2;1-6,8H,7,13-14H2;1H4/i;;1D. The zero-order valence-electron chi connectivity index (χ0n) is 19.4. The van der Waals surface area contributed by atoms with Crippen molar-refractivity contribution in [3.63, 3.8) is 0 Å². The predicted octanol–water partition coefficient (Wildman–Crippen LogP) is 4.64. The van der Waals surface area contributed by atoms with Crippen LogP contribution in [0, 0.1) is 10.1 Å². The maximum atomic E-state index is 10.5. The van der Waals surface area contributed by atoms with Crippen LogP contribution in [0.5, 0.6) is 0 Å². The summed E-state index contributed by atoms with van der Waals surface area (Å²) >= 11 is 0. The molecule has 0 unspecified atom stereocenters. The molecule has 2 aromatic carbocycles. The van der Waals surface area contributed by atoms with Crippen molar-refractivity contribution in [2.24, 2.45) is 0 Å². The number of hydrogen-bond donors (Lipinski definition) is 3. The highest BCUT2D eigenvalue weighted by atomic mass is 16.6. The number of nitrogens with two attached hydrogens (primary N) is 3. The van der Waals surface area contributed by atoms with Gasteiger partial charge in [0.2, 0.25) is 0 Å². The van der Waals surface area contributed by atoms with Gasteiger partial charge in [0.25, 0.3) is 5.69 Å². The number of rotatable bonds is 5. The number of anilines is 3. The minimum absolute atomic E-state index is 0.00561. The molecule has 0 saturated carbocycles. The smallest absolute Gasteiger partial charge is 0.287 e. The van der Waals surface area contributed by atoms with Gasteiger partial charge in [-0.1, -0.05) is 31.7 Å². The lowest BCUT2D eigenvalue weighted by molar-refractivity contribution is -0.385. The summed E-state index contributed by atoms with van der Waals surface area (Å²) in [5, 5.41) is 10.5. The first-order valence-corrected chi connectivity index (χ1v) is 9.87. The third-order valence-electron chi connectivity index (χ3n) is 4.60. The molecular formula is C25H28N6O2. The lowest BCUT2D eigenvalue weighted by Crippen LogP contribution is -1.95. The van der Waals surface area contributed by atoms with Crippen molar-refractivity contribution in [3.05, 3.63) is 118 Å². The topological polar surface area (TPSA) is 147 Å². The van der Waals surface area contributed by atoms with E-state index in [1.165, 1.54) is 25.2 Å². The van der Waals surface area contributed by atoms with Crippen molar-refractivity contribution in [3.8, 4) is 0 Å². The first-order chi connectivity index (χ1) is 16.4. The zero-order valence-corrected chi connectivity index (χ0v) is 18.4. The van der Waals surface area contributed by atoms with Crippen LogP contribution in [0.25, 0.3) is 0 Å².